The fraction of sp³-hybridized carbons (Fsp3) is 0.625. The first-order chi connectivity index (χ1) is 10.2. The average molecular weight is 287 g/mol. The lowest BCUT2D eigenvalue weighted by atomic mass is 10.0. The number of nitrogens with zero attached hydrogens (tertiary/aromatic N) is 4. The first-order valence-electron chi connectivity index (χ1n) is 7.71. The third kappa shape index (κ3) is 4.42. The van der Waals surface area contributed by atoms with Crippen LogP contribution in [0, 0.1) is 11.3 Å². The van der Waals surface area contributed by atoms with Gasteiger partial charge in [-0.15, -0.1) is 0 Å². The minimum absolute atomic E-state index is 0.455. The Morgan fingerprint density at radius 1 is 1.33 bits per heavy atom. The molecule has 2 heterocycles. The highest BCUT2D eigenvalue weighted by Gasteiger charge is 2.28. The summed E-state index contributed by atoms with van der Waals surface area (Å²) in [4.78, 5) is 9.07. The van der Waals surface area contributed by atoms with E-state index in [9.17, 15) is 5.26 Å². The van der Waals surface area contributed by atoms with Gasteiger partial charge in [0, 0.05) is 38.9 Å². The van der Waals surface area contributed by atoms with Crippen molar-refractivity contribution in [1.29, 1.82) is 5.26 Å². The molecule has 5 nitrogen and oxygen atoms in total. The lowest BCUT2D eigenvalue weighted by molar-refractivity contribution is 0.209. The molecule has 5 heteroatoms. The van der Waals surface area contributed by atoms with E-state index in [1.165, 1.54) is 0 Å². The zero-order valence-corrected chi connectivity index (χ0v) is 13.0. The van der Waals surface area contributed by atoms with E-state index in [1.807, 2.05) is 25.3 Å². The highest BCUT2D eigenvalue weighted by molar-refractivity contribution is 5.38. The summed E-state index contributed by atoms with van der Waals surface area (Å²) in [6.07, 6.45) is 2.88. The number of nitriles is 1. The van der Waals surface area contributed by atoms with Crippen molar-refractivity contribution in [3.63, 3.8) is 0 Å². The molecular weight excluding hydrogens is 262 g/mol. The molecule has 1 saturated heterocycles. The van der Waals surface area contributed by atoms with Crippen LogP contribution in [-0.2, 0) is 0 Å². The van der Waals surface area contributed by atoms with E-state index >= 15 is 0 Å². The molecule has 1 unspecified atom stereocenters. The van der Waals surface area contributed by atoms with Crippen molar-refractivity contribution in [2.45, 2.75) is 25.8 Å². The Morgan fingerprint density at radius 3 is 2.67 bits per heavy atom. The number of hydrogen-bond donors (Lipinski definition) is 1. The lowest BCUT2D eigenvalue weighted by Gasteiger charge is -2.38. The molecule has 0 aliphatic carbocycles. The summed E-state index contributed by atoms with van der Waals surface area (Å²) >= 11 is 0. The van der Waals surface area contributed by atoms with Crippen LogP contribution in [0.3, 0.4) is 0 Å². The van der Waals surface area contributed by atoms with Gasteiger partial charge in [0.2, 0.25) is 0 Å². The van der Waals surface area contributed by atoms with Crippen molar-refractivity contribution in [2.75, 3.05) is 44.2 Å². The number of pyridine rings is 1. The average Bonchev–Trinajstić information content (AvgIpc) is 2.54. The summed E-state index contributed by atoms with van der Waals surface area (Å²) < 4.78 is 0. The quantitative estimate of drug-likeness (QED) is 0.859. The number of rotatable bonds is 6. The molecule has 1 aliphatic heterocycles. The second-order valence-corrected chi connectivity index (χ2v) is 5.82. The van der Waals surface area contributed by atoms with Gasteiger partial charge in [0.05, 0.1) is 6.07 Å². The molecule has 1 aromatic rings. The van der Waals surface area contributed by atoms with Gasteiger partial charge < -0.3 is 4.90 Å². The lowest BCUT2D eigenvalue weighted by Crippen LogP contribution is -2.55. The van der Waals surface area contributed by atoms with Crippen LogP contribution in [0.25, 0.3) is 0 Å². The maximum atomic E-state index is 9.41. The summed E-state index contributed by atoms with van der Waals surface area (Å²) in [6.45, 7) is 9.66. The van der Waals surface area contributed by atoms with Crippen molar-refractivity contribution in [1.82, 2.24) is 15.2 Å². The van der Waals surface area contributed by atoms with Crippen molar-refractivity contribution in [2.24, 2.45) is 0 Å². The maximum absolute atomic E-state index is 9.41. The number of nitrogens with one attached hydrogen (secondary N) is 1. The molecule has 1 fully saturated rings. The molecule has 1 N–H and O–H groups in total. The normalized spacial score (nSPS) is 19.0. The molecule has 1 atom stereocenters. The highest BCUT2D eigenvalue weighted by atomic mass is 15.3. The standard InChI is InChI=1S/C16H25N5/c1-3-7-19-16(2,13-17)14-20-9-11-21(12-10-20)15-6-4-5-8-18-15/h4-6,8,19H,3,7,9-12,14H2,1-2H3. The second-order valence-electron chi connectivity index (χ2n) is 5.82. The van der Waals surface area contributed by atoms with Gasteiger partial charge in [0.1, 0.15) is 11.4 Å². The third-order valence-corrected chi connectivity index (χ3v) is 3.90. The van der Waals surface area contributed by atoms with E-state index in [0.29, 0.717) is 0 Å². The molecule has 2 rings (SSSR count). The van der Waals surface area contributed by atoms with E-state index in [4.69, 9.17) is 0 Å². The van der Waals surface area contributed by atoms with Crippen LogP contribution in [0.15, 0.2) is 24.4 Å². The van der Waals surface area contributed by atoms with E-state index in [1.54, 1.807) is 0 Å². The van der Waals surface area contributed by atoms with Crippen molar-refractivity contribution in [3.8, 4) is 6.07 Å². The van der Waals surface area contributed by atoms with Crippen LogP contribution in [0.2, 0.25) is 0 Å². The molecule has 0 saturated carbocycles. The zero-order chi connectivity index (χ0) is 15.1. The van der Waals surface area contributed by atoms with E-state index < -0.39 is 5.54 Å². The number of anilines is 1. The van der Waals surface area contributed by atoms with E-state index in [0.717, 1.165) is 51.5 Å². The van der Waals surface area contributed by atoms with Crippen molar-refractivity contribution < 1.29 is 0 Å². The highest BCUT2D eigenvalue weighted by Crippen LogP contribution is 2.14. The fourth-order valence-corrected chi connectivity index (χ4v) is 2.65. The monoisotopic (exact) mass is 287 g/mol. The van der Waals surface area contributed by atoms with Crippen LogP contribution in [0.4, 0.5) is 5.82 Å². The summed E-state index contributed by atoms with van der Waals surface area (Å²) in [5.41, 5.74) is -0.455. The second kappa shape index (κ2) is 7.39. The Bertz CT molecular complexity index is 461. The first kappa shape index (κ1) is 15.7. The van der Waals surface area contributed by atoms with Gasteiger partial charge in [-0.05, 0) is 32.0 Å². The van der Waals surface area contributed by atoms with Gasteiger partial charge in [-0.1, -0.05) is 13.0 Å². The van der Waals surface area contributed by atoms with E-state index in [-0.39, 0.29) is 0 Å². The molecule has 0 bridgehead atoms. The Labute approximate surface area is 127 Å². The van der Waals surface area contributed by atoms with Crippen molar-refractivity contribution >= 4 is 5.82 Å². The Balaban J connectivity index is 1.85. The minimum atomic E-state index is -0.455. The SMILES string of the molecule is CCCNC(C)(C#N)CN1CCN(c2ccccn2)CC1. The van der Waals surface area contributed by atoms with Crippen LogP contribution >= 0.6 is 0 Å². The smallest absolute Gasteiger partial charge is 0.128 e. The van der Waals surface area contributed by atoms with Gasteiger partial charge >= 0.3 is 0 Å². The molecule has 1 aromatic heterocycles. The van der Waals surface area contributed by atoms with Gasteiger partial charge in [0.15, 0.2) is 0 Å². The molecular formula is C16H25N5. The van der Waals surface area contributed by atoms with Gasteiger partial charge in [-0.3, -0.25) is 10.2 Å². The molecule has 0 amide bonds. The van der Waals surface area contributed by atoms with Gasteiger partial charge in [0.25, 0.3) is 0 Å². The predicted molar refractivity (Wildman–Crippen MR) is 85.2 cm³/mol. The predicted octanol–water partition coefficient (Wildman–Crippen LogP) is 1.49. The Morgan fingerprint density at radius 2 is 2.10 bits per heavy atom. The zero-order valence-electron chi connectivity index (χ0n) is 13.0. The van der Waals surface area contributed by atoms with Gasteiger partial charge in [-0.25, -0.2) is 4.98 Å². The number of aromatic nitrogens is 1. The number of piperazine rings is 1. The summed E-state index contributed by atoms with van der Waals surface area (Å²) in [7, 11) is 0. The first-order valence-corrected chi connectivity index (χ1v) is 7.71. The van der Waals surface area contributed by atoms with Crippen LogP contribution in [0.5, 0.6) is 0 Å². The van der Waals surface area contributed by atoms with Crippen molar-refractivity contribution in [3.05, 3.63) is 24.4 Å². The summed E-state index contributed by atoms with van der Waals surface area (Å²) in [5.74, 6) is 1.05. The summed E-state index contributed by atoms with van der Waals surface area (Å²) in [5, 5.41) is 12.8. The maximum Gasteiger partial charge on any atom is 0.128 e. The van der Waals surface area contributed by atoms with Crippen LogP contribution < -0.4 is 10.2 Å². The molecule has 0 radical (unpaired) electrons. The Hall–Kier alpha value is -1.64. The molecule has 0 aromatic carbocycles. The fourth-order valence-electron chi connectivity index (χ4n) is 2.65. The number of hydrogen-bond acceptors (Lipinski definition) is 5. The topological polar surface area (TPSA) is 55.2 Å². The van der Waals surface area contributed by atoms with E-state index in [2.05, 4.69) is 39.2 Å². The largest absolute Gasteiger partial charge is 0.354 e. The third-order valence-electron chi connectivity index (χ3n) is 3.90. The molecule has 1 aliphatic rings. The van der Waals surface area contributed by atoms with Crippen LogP contribution in [-0.4, -0.2) is 54.7 Å². The minimum Gasteiger partial charge on any atom is -0.354 e. The van der Waals surface area contributed by atoms with Crippen LogP contribution in [0.1, 0.15) is 20.3 Å². The molecule has 21 heavy (non-hydrogen) atoms. The molecule has 114 valence electrons. The summed E-state index contributed by atoms with van der Waals surface area (Å²) in [6, 6.07) is 8.44. The van der Waals surface area contributed by atoms with Gasteiger partial charge in [-0.2, -0.15) is 5.26 Å². The molecule has 0 spiro atoms. The Kier molecular flexibility index (Phi) is 5.54.